The molecule has 0 saturated carbocycles. The first kappa shape index (κ1) is 15.7. The third-order valence-electron chi connectivity index (χ3n) is 4.38. The van der Waals surface area contributed by atoms with E-state index in [1.54, 1.807) is 0 Å². The van der Waals surface area contributed by atoms with Gasteiger partial charge >= 0.3 is 0 Å². The second-order valence-electron chi connectivity index (χ2n) is 6.85. The standard InChI is InChI=1S/C18H24N4O/c1-10(2)22(11(3)4)18-16-13(7-6-8-19-16)15-12(5)9-14(23)20-17(15)21-18/h6-8,10-12H,9H2,1-5H3,(H,20,21,23). The molecule has 1 aliphatic heterocycles. The number of fused-ring (bicyclic) bond motifs is 3. The van der Waals surface area contributed by atoms with Gasteiger partial charge in [0.15, 0.2) is 5.82 Å². The van der Waals surface area contributed by atoms with Crippen molar-refractivity contribution in [3.8, 4) is 0 Å². The fourth-order valence-corrected chi connectivity index (χ4v) is 3.57. The van der Waals surface area contributed by atoms with E-state index < -0.39 is 0 Å². The summed E-state index contributed by atoms with van der Waals surface area (Å²) in [6.45, 7) is 10.7. The number of rotatable bonds is 3. The van der Waals surface area contributed by atoms with Gasteiger partial charge in [-0.3, -0.25) is 9.78 Å². The average Bonchev–Trinajstić information content (AvgIpc) is 2.45. The highest BCUT2D eigenvalue weighted by atomic mass is 16.1. The summed E-state index contributed by atoms with van der Waals surface area (Å²) in [5.41, 5.74) is 2.01. The Kier molecular flexibility index (Phi) is 3.96. The van der Waals surface area contributed by atoms with Crippen LogP contribution in [0.25, 0.3) is 10.9 Å². The van der Waals surface area contributed by atoms with Crippen LogP contribution in [-0.2, 0) is 4.79 Å². The molecule has 0 aliphatic carbocycles. The van der Waals surface area contributed by atoms with Crippen LogP contribution in [-0.4, -0.2) is 28.0 Å². The van der Waals surface area contributed by atoms with Gasteiger partial charge in [-0.1, -0.05) is 13.0 Å². The molecule has 1 aliphatic rings. The molecule has 3 heterocycles. The predicted octanol–water partition coefficient (Wildman–Crippen LogP) is 3.70. The first-order valence-corrected chi connectivity index (χ1v) is 8.27. The summed E-state index contributed by atoms with van der Waals surface area (Å²) in [7, 11) is 0. The van der Waals surface area contributed by atoms with E-state index in [1.165, 1.54) is 0 Å². The molecule has 3 rings (SSSR count). The molecule has 1 N–H and O–H groups in total. The summed E-state index contributed by atoms with van der Waals surface area (Å²) in [5.74, 6) is 1.72. The Bertz CT molecular complexity index is 746. The predicted molar refractivity (Wildman–Crippen MR) is 94.0 cm³/mol. The minimum Gasteiger partial charge on any atom is -0.350 e. The van der Waals surface area contributed by atoms with Gasteiger partial charge in [-0.25, -0.2) is 4.98 Å². The summed E-state index contributed by atoms with van der Waals surface area (Å²) in [5, 5.41) is 4.04. The highest BCUT2D eigenvalue weighted by Crippen LogP contribution is 2.39. The maximum absolute atomic E-state index is 11.9. The summed E-state index contributed by atoms with van der Waals surface area (Å²) < 4.78 is 0. The summed E-state index contributed by atoms with van der Waals surface area (Å²) in [6, 6.07) is 4.62. The number of aromatic nitrogens is 2. The first-order chi connectivity index (χ1) is 10.9. The lowest BCUT2D eigenvalue weighted by Crippen LogP contribution is -2.38. The van der Waals surface area contributed by atoms with E-state index in [1.807, 2.05) is 12.3 Å². The number of carbonyl (C=O) groups is 1. The molecular weight excluding hydrogens is 288 g/mol. The zero-order valence-corrected chi connectivity index (χ0v) is 14.4. The van der Waals surface area contributed by atoms with Crippen LogP contribution in [0.3, 0.4) is 0 Å². The molecule has 0 radical (unpaired) electrons. The molecule has 0 aromatic carbocycles. The van der Waals surface area contributed by atoms with Crippen molar-refractivity contribution in [3.63, 3.8) is 0 Å². The van der Waals surface area contributed by atoms with Crippen molar-refractivity contribution >= 4 is 28.4 Å². The fourth-order valence-electron chi connectivity index (χ4n) is 3.57. The molecule has 5 nitrogen and oxygen atoms in total. The van der Waals surface area contributed by atoms with Crippen LogP contribution in [0.15, 0.2) is 18.3 Å². The van der Waals surface area contributed by atoms with Crippen molar-refractivity contribution in [2.24, 2.45) is 0 Å². The van der Waals surface area contributed by atoms with Gasteiger partial charge in [-0.05, 0) is 39.7 Å². The van der Waals surface area contributed by atoms with Crippen LogP contribution in [0, 0.1) is 0 Å². The maximum atomic E-state index is 11.9. The highest BCUT2D eigenvalue weighted by molar-refractivity contribution is 6.01. The minimum absolute atomic E-state index is 0.0346. The lowest BCUT2D eigenvalue weighted by atomic mass is 9.91. The quantitative estimate of drug-likeness (QED) is 0.939. The number of amides is 1. The van der Waals surface area contributed by atoms with Crippen molar-refractivity contribution < 1.29 is 4.79 Å². The third-order valence-corrected chi connectivity index (χ3v) is 4.38. The van der Waals surface area contributed by atoms with Crippen molar-refractivity contribution in [2.75, 3.05) is 10.2 Å². The van der Waals surface area contributed by atoms with E-state index in [9.17, 15) is 4.79 Å². The molecule has 5 heteroatoms. The van der Waals surface area contributed by atoms with Gasteiger partial charge in [0.05, 0.1) is 0 Å². The Morgan fingerprint density at radius 3 is 2.61 bits per heavy atom. The van der Waals surface area contributed by atoms with Crippen LogP contribution >= 0.6 is 0 Å². The average molecular weight is 312 g/mol. The van der Waals surface area contributed by atoms with Crippen molar-refractivity contribution in [2.45, 2.75) is 59.0 Å². The van der Waals surface area contributed by atoms with Gasteiger partial charge in [-0.15, -0.1) is 0 Å². The van der Waals surface area contributed by atoms with Crippen molar-refractivity contribution in [1.82, 2.24) is 9.97 Å². The largest absolute Gasteiger partial charge is 0.350 e. The van der Waals surface area contributed by atoms with Crippen LogP contribution in [0.1, 0.15) is 52.5 Å². The topological polar surface area (TPSA) is 58.1 Å². The number of hydrogen-bond acceptors (Lipinski definition) is 4. The minimum atomic E-state index is 0.0346. The molecule has 1 unspecified atom stereocenters. The lowest BCUT2D eigenvalue weighted by Gasteiger charge is -2.34. The third kappa shape index (κ3) is 2.64. The second-order valence-corrected chi connectivity index (χ2v) is 6.85. The molecule has 0 spiro atoms. The van der Waals surface area contributed by atoms with Crippen LogP contribution in [0.5, 0.6) is 0 Å². The first-order valence-electron chi connectivity index (χ1n) is 8.27. The number of nitrogens with zero attached hydrogens (tertiary/aromatic N) is 3. The molecule has 2 aromatic rings. The molecule has 1 amide bonds. The van der Waals surface area contributed by atoms with E-state index in [-0.39, 0.29) is 11.8 Å². The Hall–Kier alpha value is -2.17. The summed E-state index contributed by atoms with van der Waals surface area (Å²) in [6.07, 6.45) is 2.31. The zero-order chi connectivity index (χ0) is 16.7. The highest BCUT2D eigenvalue weighted by Gasteiger charge is 2.29. The van der Waals surface area contributed by atoms with Gasteiger partial charge in [-0.2, -0.15) is 0 Å². The Labute approximate surface area is 137 Å². The van der Waals surface area contributed by atoms with Gasteiger partial charge in [0.2, 0.25) is 5.91 Å². The number of anilines is 2. The molecular formula is C18H24N4O. The molecule has 0 saturated heterocycles. The smallest absolute Gasteiger partial charge is 0.226 e. The van der Waals surface area contributed by atoms with Crippen LogP contribution in [0.2, 0.25) is 0 Å². The summed E-state index contributed by atoms with van der Waals surface area (Å²) in [4.78, 5) is 23.6. The molecule has 0 bridgehead atoms. The van der Waals surface area contributed by atoms with Crippen LogP contribution in [0.4, 0.5) is 11.6 Å². The van der Waals surface area contributed by atoms with Gasteiger partial charge < -0.3 is 10.2 Å². The van der Waals surface area contributed by atoms with Crippen LogP contribution < -0.4 is 10.2 Å². The van der Waals surface area contributed by atoms with E-state index in [0.29, 0.717) is 24.3 Å². The van der Waals surface area contributed by atoms with Gasteiger partial charge in [0.25, 0.3) is 0 Å². The molecule has 0 fully saturated rings. The molecule has 122 valence electrons. The molecule has 23 heavy (non-hydrogen) atoms. The molecule has 1 atom stereocenters. The number of pyridine rings is 2. The Morgan fingerprint density at radius 2 is 1.96 bits per heavy atom. The number of hydrogen-bond donors (Lipinski definition) is 1. The summed E-state index contributed by atoms with van der Waals surface area (Å²) >= 11 is 0. The second kappa shape index (κ2) is 5.80. The maximum Gasteiger partial charge on any atom is 0.226 e. The van der Waals surface area contributed by atoms with E-state index in [4.69, 9.17) is 4.98 Å². The monoisotopic (exact) mass is 312 g/mol. The SMILES string of the molecule is CC1CC(=O)Nc2nc(N(C(C)C)C(C)C)c3ncccc3c21. The lowest BCUT2D eigenvalue weighted by molar-refractivity contribution is -0.116. The van der Waals surface area contributed by atoms with E-state index >= 15 is 0 Å². The van der Waals surface area contributed by atoms with Gasteiger partial charge in [0, 0.05) is 35.7 Å². The van der Waals surface area contributed by atoms with E-state index in [0.717, 1.165) is 22.3 Å². The Morgan fingerprint density at radius 1 is 1.26 bits per heavy atom. The zero-order valence-electron chi connectivity index (χ0n) is 14.4. The molecule has 2 aromatic heterocycles. The van der Waals surface area contributed by atoms with E-state index in [2.05, 4.69) is 55.9 Å². The van der Waals surface area contributed by atoms with Gasteiger partial charge in [0.1, 0.15) is 11.3 Å². The normalized spacial score (nSPS) is 17.5. The number of nitrogens with one attached hydrogen (secondary N) is 1. The van der Waals surface area contributed by atoms with Crippen molar-refractivity contribution in [1.29, 1.82) is 0 Å². The van der Waals surface area contributed by atoms with Crippen molar-refractivity contribution in [3.05, 3.63) is 23.9 Å². The number of carbonyl (C=O) groups excluding carboxylic acids is 1. The Balaban J connectivity index is 2.32. The fraction of sp³-hybridized carbons (Fsp3) is 0.500.